The Bertz CT molecular complexity index is 528. The number of nitrogens with zero attached hydrogens (tertiary/aromatic N) is 1. The number of carbonyl (C=O) groups excluding carboxylic acids is 1. The van der Waals surface area contributed by atoms with Gasteiger partial charge in [0.15, 0.2) is 6.73 Å². The number of ether oxygens (including phenoxy) is 2. The molecule has 1 aliphatic heterocycles. The first-order valence-electron chi connectivity index (χ1n) is 6.35. The van der Waals surface area contributed by atoms with E-state index in [1.807, 2.05) is 26.8 Å². The molecule has 1 amide bonds. The van der Waals surface area contributed by atoms with Crippen molar-refractivity contribution in [1.82, 2.24) is 4.90 Å². The summed E-state index contributed by atoms with van der Waals surface area (Å²) < 4.78 is 11.9. The van der Waals surface area contributed by atoms with Gasteiger partial charge in [-0.3, -0.25) is 4.90 Å². The van der Waals surface area contributed by atoms with Crippen LogP contribution in [0.3, 0.4) is 0 Å². The minimum absolute atomic E-state index is 0.161. The molecular weight excluding hydrogens is 346 g/mol. The monoisotopic (exact) mass is 361 g/mol. The largest absolute Gasteiger partial charge is 0.473 e. The van der Waals surface area contributed by atoms with Gasteiger partial charge >= 0.3 is 6.09 Å². The average molecular weight is 363 g/mol. The highest BCUT2D eigenvalue weighted by Crippen LogP contribution is 2.33. The molecule has 6 heteroatoms. The predicted octanol–water partition coefficient (Wildman–Crippen LogP) is 4.23. The molecule has 0 fully saturated rings. The number of benzene rings is 1. The second-order valence-corrected chi connectivity index (χ2v) is 6.92. The van der Waals surface area contributed by atoms with Gasteiger partial charge in [-0.05, 0) is 39.3 Å². The van der Waals surface area contributed by atoms with Gasteiger partial charge in [-0.2, -0.15) is 0 Å². The minimum atomic E-state index is -0.514. The van der Waals surface area contributed by atoms with E-state index < -0.39 is 5.60 Å². The van der Waals surface area contributed by atoms with Crippen molar-refractivity contribution in [3.05, 3.63) is 27.2 Å². The quantitative estimate of drug-likeness (QED) is 0.693. The van der Waals surface area contributed by atoms with Gasteiger partial charge in [0.2, 0.25) is 0 Å². The van der Waals surface area contributed by atoms with Crippen LogP contribution in [-0.2, 0) is 11.2 Å². The standard InChI is InChI=1S/C14H17BrClNO3/c1-14(2,3)20-13(18)17-5-4-10-11(15)6-9(16)7-12(10)19-8-17/h6-7H,4-5,8H2,1-3H3. The van der Waals surface area contributed by atoms with E-state index >= 15 is 0 Å². The zero-order valence-corrected chi connectivity index (χ0v) is 14.0. The van der Waals surface area contributed by atoms with Gasteiger partial charge in [0.25, 0.3) is 0 Å². The Hall–Kier alpha value is -0.940. The maximum Gasteiger partial charge on any atom is 0.412 e. The number of fused-ring (bicyclic) bond motifs is 1. The summed E-state index contributed by atoms with van der Waals surface area (Å²) in [5.41, 5.74) is 0.501. The molecule has 110 valence electrons. The molecule has 0 aliphatic carbocycles. The maximum atomic E-state index is 12.1. The molecule has 0 N–H and O–H groups in total. The highest BCUT2D eigenvalue weighted by atomic mass is 79.9. The number of rotatable bonds is 0. The normalized spacial score (nSPS) is 15.2. The second kappa shape index (κ2) is 5.82. The molecule has 1 aliphatic rings. The van der Waals surface area contributed by atoms with Crippen molar-refractivity contribution < 1.29 is 14.3 Å². The van der Waals surface area contributed by atoms with Crippen molar-refractivity contribution in [1.29, 1.82) is 0 Å². The zero-order valence-electron chi connectivity index (χ0n) is 11.7. The van der Waals surface area contributed by atoms with Gasteiger partial charge in [-0.15, -0.1) is 0 Å². The fraction of sp³-hybridized carbons (Fsp3) is 0.500. The Balaban J connectivity index is 2.12. The molecule has 1 aromatic rings. The Morgan fingerprint density at radius 3 is 2.80 bits per heavy atom. The van der Waals surface area contributed by atoms with Gasteiger partial charge in [-0.25, -0.2) is 4.79 Å². The van der Waals surface area contributed by atoms with Gasteiger partial charge in [-0.1, -0.05) is 27.5 Å². The van der Waals surface area contributed by atoms with E-state index in [1.165, 1.54) is 0 Å². The van der Waals surface area contributed by atoms with Crippen LogP contribution < -0.4 is 4.74 Å². The van der Waals surface area contributed by atoms with Crippen LogP contribution in [0, 0.1) is 0 Å². The lowest BCUT2D eigenvalue weighted by Gasteiger charge is -2.25. The highest BCUT2D eigenvalue weighted by molar-refractivity contribution is 9.10. The van der Waals surface area contributed by atoms with E-state index in [0.717, 1.165) is 10.0 Å². The summed E-state index contributed by atoms with van der Waals surface area (Å²) in [7, 11) is 0. The molecule has 1 aromatic carbocycles. The Morgan fingerprint density at radius 1 is 1.45 bits per heavy atom. The lowest BCUT2D eigenvalue weighted by Crippen LogP contribution is -2.39. The fourth-order valence-electron chi connectivity index (χ4n) is 1.88. The summed E-state index contributed by atoms with van der Waals surface area (Å²) in [6.07, 6.45) is 0.319. The molecule has 0 radical (unpaired) electrons. The second-order valence-electron chi connectivity index (χ2n) is 5.63. The Labute approximate surface area is 132 Å². The summed E-state index contributed by atoms with van der Waals surface area (Å²) >= 11 is 9.48. The van der Waals surface area contributed by atoms with Crippen molar-refractivity contribution >= 4 is 33.6 Å². The van der Waals surface area contributed by atoms with Crippen molar-refractivity contribution in [2.75, 3.05) is 13.3 Å². The van der Waals surface area contributed by atoms with Crippen LogP contribution in [0.4, 0.5) is 4.79 Å². The van der Waals surface area contributed by atoms with Gasteiger partial charge in [0.1, 0.15) is 11.4 Å². The van der Waals surface area contributed by atoms with E-state index in [-0.39, 0.29) is 12.8 Å². The first-order valence-corrected chi connectivity index (χ1v) is 7.52. The van der Waals surface area contributed by atoms with Crippen LogP contribution in [0.1, 0.15) is 26.3 Å². The van der Waals surface area contributed by atoms with Crippen LogP contribution in [0.5, 0.6) is 5.75 Å². The number of halogens is 2. The van der Waals surface area contributed by atoms with E-state index in [9.17, 15) is 4.79 Å². The van der Waals surface area contributed by atoms with Gasteiger partial charge in [0, 0.05) is 21.6 Å². The molecule has 0 spiro atoms. The van der Waals surface area contributed by atoms with Crippen LogP contribution in [0.25, 0.3) is 0 Å². The third kappa shape index (κ3) is 3.79. The fourth-order valence-corrected chi connectivity index (χ4v) is 2.86. The van der Waals surface area contributed by atoms with Gasteiger partial charge in [0.05, 0.1) is 0 Å². The van der Waals surface area contributed by atoms with Gasteiger partial charge < -0.3 is 9.47 Å². The average Bonchev–Trinajstić information content (AvgIpc) is 2.49. The van der Waals surface area contributed by atoms with E-state index in [2.05, 4.69) is 15.9 Å². The maximum absolute atomic E-state index is 12.1. The topological polar surface area (TPSA) is 38.8 Å². The lowest BCUT2D eigenvalue weighted by atomic mass is 10.1. The molecule has 0 bridgehead atoms. The minimum Gasteiger partial charge on any atom is -0.473 e. The third-order valence-corrected chi connectivity index (χ3v) is 3.70. The van der Waals surface area contributed by atoms with E-state index in [0.29, 0.717) is 23.7 Å². The molecule has 0 saturated heterocycles. The van der Waals surface area contributed by atoms with E-state index in [1.54, 1.807) is 11.0 Å². The molecule has 0 saturated carbocycles. The zero-order chi connectivity index (χ0) is 14.9. The summed E-state index contributed by atoms with van der Waals surface area (Å²) in [6.45, 7) is 6.23. The summed E-state index contributed by atoms with van der Waals surface area (Å²) in [5, 5.41) is 0.598. The van der Waals surface area contributed by atoms with Crippen LogP contribution in [0.2, 0.25) is 5.02 Å². The third-order valence-electron chi connectivity index (χ3n) is 2.78. The number of amides is 1. The van der Waals surface area contributed by atoms with Crippen molar-refractivity contribution in [2.45, 2.75) is 32.8 Å². The van der Waals surface area contributed by atoms with Crippen molar-refractivity contribution in [3.63, 3.8) is 0 Å². The summed E-state index contributed by atoms with van der Waals surface area (Å²) in [5.74, 6) is 0.704. The summed E-state index contributed by atoms with van der Waals surface area (Å²) in [6, 6.07) is 3.59. The number of carbonyl (C=O) groups is 1. The van der Waals surface area contributed by atoms with Crippen molar-refractivity contribution in [2.24, 2.45) is 0 Å². The highest BCUT2D eigenvalue weighted by Gasteiger charge is 2.25. The first kappa shape index (κ1) is 15.4. The molecular formula is C14H17BrClNO3. The molecule has 0 atom stereocenters. The lowest BCUT2D eigenvalue weighted by molar-refractivity contribution is 0.0121. The van der Waals surface area contributed by atoms with Crippen LogP contribution >= 0.6 is 27.5 Å². The van der Waals surface area contributed by atoms with Crippen molar-refractivity contribution in [3.8, 4) is 5.75 Å². The number of hydrogen-bond donors (Lipinski definition) is 0. The molecule has 1 heterocycles. The Kier molecular flexibility index (Phi) is 4.49. The Morgan fingerprint density at radius 2 is 2.15 bits per heavy atom. The number of hydrogen-bond acceptors (Lipinski definition) is 3. The first-order chi connectivity index (χ1) is 9.26. The molecule has 4 nitrogen and oxygen atoms in total. The van der Waals surface area contributed by atoms with Crippen LogP contribution in [-0.4, -0.2) is 29.9 Å². The van der Waals surface area contributed by atoms with Crippen LogP contribution in [0.15, 0.2) is 16.6 Å². The van der Waals surface area contributed by atoms with E-state index in [4.69, 9.17) is 21.1 Å². The molecule has 20 heavy (non-hydrogen) atoms. The summed E-state index contributed by atoms with van der Waals surface area (Å²) in [4.78, 5) is 13.6. The SMILES string of the molecule is CC(C)(C)OC(=O)N1CCc2c(Br)cc(Cl)cc2OC1. The molecule has 0 aromatic heterocycles. The molecule has 0 unspecified atom stereocenters. The molecule has 2 rings (SSSR count). The predicted molar refractivity (Wildman–Crippen MR) is 81.3 cm³/mol. The smallest absolute Gasteiger partial charge is 0.412 e.